The molecule has 0 saturated heterocycles. The molecule has 0 atom stereocenters. The standard InChI is InChI=1S/C18H18F3N5O.C2H6/c1-9-4-5-12(27)10(2)14(9)16-15-11(17(22)24-8-23-15)6-13(25-16)26(3)7-18(19,20)21;1-2/h4-6,8,27H,7H2,1-3H3,(H2,22,23,24);1-2H3. The first-order valence-corrected chi connectivity index (χ1v) is 9.07. The lowest BCUT2D eigenvalue weighted by molar-refractivity contribution is -0.119. The monoisotopic (exact) mass is 407 g/mol. The summed E-state index contributed by atoms with van der Waals surface area (Å²) < 4.78 is 38.5. The number of rotatable bonds is 3. The fraction of sp³-hybridized carbons (Fsp3) is 0.350. The molecule has 1 aromatic carbocycles. The van der Waals surface area contributed by atoms with E-state index in [0.29, 0.717) is 27.7 Å². The molecule has 0 radical (unpaired) electrons. The number of hydrogen-bond donors (Lipinski definition) is 2. The highest BCUT2D eigenvalue weighted by Gasteiger charge is 2.30. The molecule has 0 fully saturated rings. The number of benzene rings is 1. The van der Waals surface area contributed by atoms with Crippen LogP contribution < -0.4 is 10.6 Å². The summed E-state index contributed by atoms with van der Waals surface area (Å²) in [5.74, 6) is 0.279. The van der Waals surface area contributed by atoms with Crippen molar-refractivity contribution in [2.45, 2.75) is 33.9 Å². The molecule has 3 rings (SSSR count). The number of aromatic nitrogens is 3. The lowest BCUT2D eigenvalue weighted by atomic mass is 9.97. The van der Waals surface area contributed by atoms with Gasteiger partial charge in [0.2, 0.25) is 0 Å². The zero-order valence-electron chi connectivity index (χ0n) is 17.0. The number of phenols is 1. The fourth-order valence-corrected chi connectivity index (χ4v) is 2.99. The average molecular weight is 407 g/mol. The first kappa shape index (κ1) is 22.2. The molecular formula is C20H24F3N5O. The van der Waals surface area contributed by atoms with E-state index in [-0.39, 0.29) is 17.4 Å². The normalized spacial score (nSPS) is 11.2. The first-order chi connectivity index (χ1) is 13.6. The third-order valence-corrected chi connectivity index (χ3v) is 4.33. The predicted octanol–water partition coefficient (Wildman–Crippen LogP) is 4.62. The second-order valence-corrected chi connectivity index (χ2v) is 6.36. The lowest BCUT2D eigenvalue weighted by Gasteiger charge is -2.22. The number of nitrogen functional groups attached to an aromatic ring is 1. The van der Waals surface area contributed by atoms with Gasteiger partial charge in [-0.25, -0.2) is 15.0 Å². The van der Waals surface area contributed by atoms with Crippen molar-refractivity contribution >= 4 is 22.5 Å². The van der Waals surface area contributed by atoms with E-state index in [1.54, 1.807) is 19.1 Å². The van der Waals surface area contributed by atoms with Crippen molar-refractivity contribution < 1.29 is 18.3 Å². The van der Waals surface area contributed by atoms with Crippen molar-refractivity contribution in [2.24, 2.45) is 0 Å². The molecular weight excluding hydrogens is 383 g/mol. The van der Waals surface area contributed by atoms with Crippen molar-refractivity contribution in [3.8, 4) is 17.0 Å². The molecule has 3 aromatic rings. The summed E-state index contributed by atoms with van der Waals surface area (Å²) >= 11 is 0. The molecule has 3 N–H and O–H groups in total. The third kappa shape index (κ3) is 4.67. The minimum absolute atomic E-state index is 0.0571. The molecule has 0 amide bonds. The van der Waals surface area contributed by atoms with Crippen LogP contribution in [0.1, 0.15) is 25.0 Å². The molecule has 0 bridgehead atoms. The molecule has 0 aliphatic rings. The summed E-state index contributed by atoms with van der Waals surface area (Å²) in [6, 6.07) is 4.70. The van der Waals surface area contributed by atoms with Crippen LogP contribution in [-0.4, -0.2) is 39.8 Å². The molecule has 2 aromatic heterocycles. The maximum atomic E-state index is 12.8. The molecule has 29 heavy (non-hydrogen) atoms. The molecule has 6 nitrogen and oxygen atoms in total. The molecule has 156 valence electrons. The second kappa shape index (κ2) is 8.50. The van der Waals surface area contributed by atoms with Gasteiger partial charge in [-0.15, -0.1) is 0 Å². The lowest BCUT2D eigenvalue weighted by Crippen LogP contribution is -2.31. The Bertz CT molecular complexity index is 1020. The van der Waals surface area contributed by atoms with Crippen LogP contribution in [0.15, 0.2) is 24.5 Å². The van der Waals surface area contributed by atoms with Gasteiger partial charge in [-0.1, -0.05) is 19.9 Å². The Morgan fingerprint density at radius 2 is 1.79 bits per heavy atom. The first-order valence-electron chi connectivity index (χ1n) is 9.07. The number of phenolic OH excluding ortho intramolecular Hbond substituents is 1. The number of anilines is 2. The van der Waals surface area contributed by atoms with E-state index >= 15 is 0 Å². The highest BCUT2D eigenvalue weighted by atomic mass is 19.4. The van der Waals surface area contributed by atoms with Crippen molar-refractivity contribution in [3.05, 3.63) is 35.7 Å². The Balaban J connectivity index is 0.00000145. The quantitative estimate of drug-likeness (QED) is 0.659. The second-order valence-electron chi connectivity index (χ2n) is 6.36. The van der Waals surface area contributed by atoms with Gasteiger partial charge in [0.25, 0.3) is 0 Å². The van der Waals surface area contributed by atoms with Crippen LogP contribution in [0.3, 0.4) is 0 Å². The van der Waals surface area contributed by atoms with Gasteiger partial charge in [0, 0.05) is 23.6 Å². The van der Waals surface area contributed by atoms with Gasteiger partial charge < -0.3 is 15.7 Å². The van der Waals surface area contributed by atoms with Crippen LogP contribution >= 0.6 is 0 Å². The highest BCUT2D eigenvalue weighted by Crippen LogP contribution is 2.37. The van der Waals surface area contributed by atoms with Gasteiger partial charge >= 0.3 is 6.18 Å². The van der Waals surface area contributed by atoms with Gasteiger partial charge in [0.15, 0.2) is 0 Å². The number of aromatic hydroxyl groups is 1. The van der Waals surface area contributed by atoms with Crippen molar-refractivity contribution in [1.29, 1.82) is 0 Å². The van der Waals surface area contributed by atoms with Crippen molar-refractivity contribution in [2.75, 3.05) is 24.2 Å². The molecule has 0 aliphatic heterocycles. The van der Waals surface area contributed by atoms with Crippen molar-refractivity contribution in [1.82, 2.24) is 15.0 Å². The Hall–Kier alpha value is -3.10. The Kier molecular flexibility index (Phi) is 6.51. The van der Waals surface area contributed by atoms with Crippen molar-refractivity contribution in [3.63, 3.8) is 0 Å². The molecule has 0 aliphatic carbocycles. The number of pyridine rings is 1. The minimum Gasteiger partial charge on any atom is -0.508 e. The maximum absolute atomic E-state index is 12.8. The molecule has 0 unspecified atom stereocenters. The van der Waals surface area contributed by atoms with Crippen LogP contribution in [0.4, 0.5) is 24.8 Å². The number of aryl methyl sites for hydroxylation is 1. The number of halogens is 3. The number of alkyl halides is 3. The molecule has 2 heterocycles. The third-order valence-electron chi connectivity index (χ3n) is 4.33. The summed E-state index contributed by atoms with van der Waals surface area (Å²) in [7, 11) is 1.30. The largest absolute Gasteiger partial charge is 0.508 e. The van der Waals surface area contributed by atoms with E-state index in [2.05, 4.69) is 15.0 Å². The summed E-state index contributed by atoms with van der Waals surface area (Å²) in [6.45, 7) is 6.37. The minimum atomic E-state index is -4.39. The highest BCUT2D eigenvalue weighted by molar-refractivity contribution is 5.99. The van der Waals surface area contributed by atoms with Gasteiger partial charge in [-0.2, -0.15) is 13.2 Å². The Morgan fingerprint density at radius 1 is 1.14 bits per heavy atom. The van der Waals surface area contributed by atoms with Gasteiger partial charge in [-0.3, -0.25) is 0 Å². The fourth-order valence-electron chi connectivity index (χ4n) is 2.99. The SMILES string of the molecule is CC.Cc1ccc(O)c(C)c1-c1nc(N(C)CC(F)(F)F)cc2c(N)ncnc12. The molecule has 9 heteroatoms. The summed E-state index contributed by atoms with van der Waals surface area (Å²) in [6.07, 6.45) is -3.11. The molecule has 0 spiro atoms. The van der Waals surface area contributed by atoms with E-state index < -0.39 is 12.7 Å². The summed E-state index contributed by atoms with van der Waals surface area (Å²) in [4.78, 5) is 13.6. The van der Waals surface area contributed by atoms with E-state index in [0.717, 1.165) is 10.5 Å². The number of fused-ring (bicyclic) bond motifs is 1. The number of hydrogen-bond acceptors (Lipinski definition) is 6. The van der Waals surface area contributed by atoms with Crippen LogP contribution in [0.25, 0.3) is 22.2 Å². The topological polar surface area (TPSA) is 88.2 Å². The van der Waals surface area contributed by atoms with Crippen LogP contribution in [0.5, 0.6) is 5.75 Å². The van der Waals surface area contributed by atoms with E-state index in [9.17, 15) is 18.3 Å². The number of nitrogens with zero attached hydrogens (tertiary/aromatic N) is 4. The van der Waals surface area contributed by atoms with Crippen LogP contribution in [0, 0.1) is 13.8 Å². The van der Waals surface area contributed by atoms with Crippen LogP contribution in [0.2, 0.25) is 0 Å². The molecule has 0 saturated carbocycles. The van der Waals surface area contributed by atoms with E-state index in [4.69, 9.17) is 5.73 Å². The zero-order valence-corrected chi connectivity index (χ0v) is 17.0. The average Bonchev–Trinajstić information content (AvgIpc) is 2.66. The number of nitrogens with two attached hydrogens (primary N) is 1. The zero-order chi connectivity index (χ0) is 21.9. The van der Waals surface area contributed by atoms with Crippen LogP contribution in [-0.2, 0) is 0 Å². The smallest absolute Gasteiger partial charge is 0.405 e. The van der Waals surface area contributed by atoms with E-state index in [1.807, 2.05) is 20.8 Å². The summed E-state index contributed by atoms with van der Waals surface area (Å²) in [5.41, 5.74) is 8.63. The summed E-state index contributed by atoms with van der Waals surface area (Å²) in [5, 5.41) is 10.5. The van der Waals surface area contributed by atoms with E-state index in [1.165, 1.54) is 19.4 Å². The predicted molar refractivity (Wildman–Crippen MR) is 109 cm³/mol. The van der Waals surface area contributed by atoms with Gasteiger partial charge in [0.05, 0.1) is 5.69 Å². The van der Waals surface area contributed by atoms with Gasteiger partial charge in [0.1, 0.15) is 35.8 Å². The maximum Gasteiger partial charge on any atom is 0.405 e. The Labute approximate surface area is 167 Å². The Morgan fingerprint density at radius 3 is 2.41 bits per heavy atom. The van der Waals surface area contributed by atoms with Gasteiger partial charge in [-0.05, 0) is 31.5 Å².